The number of amides is 2. The number of hydrogen-bond donors (Lipinski definition) is 2. The first kappa shape index (κ1) is 14.1. The van der Waals surface area contributed by atoms with Gasteiger partial charge in [0.05, 0.1) is 12.2 Å². The number of likely N-dealkylation sites (tertiary alicyclic amines) is 1. The first-order valence-electron chi connectivity index (χ1n) is 6.98. The minimum Gasteiger partial charge on any atom is -0.481 e. The quantitative estimate of drug-likeness (QED) is 0.783. The standard InChI is InChI=1S/C13H22N2O4/c1-2-9(5-12(16)17)6-14-13(18)15-7-10-3-4-11(8-15)19-10/h9-11H,2-8H2,1H3,(H,14,18)(H,16,17). The van der Waals surface area contributed by atoms with Gasteiger partial charge < -0.3 is 20.1 Å². The molecular weight excluding hydrogens is 248 g/mol. The number of nitrogens with zero attached hydrogens (tertiary/aromatic N) is 1. The Hall–Kier alpha value is -1.30. The monoisotopic (exact) mass is 270 g/mol. The lowest BCUT2D eigenvalue weighted by molar-refractivity contribution is -0.138. The fourth-order valence-corrected chi connectivity index (χ4v) is 2.73. The van der Waals surface area contributed by atoms with Gasteiger partial charge in [0.25, 0.3) is 0 Å². The molecule has 2 fully saturated rings. The number of carbonyl (C=O) groups is 2. The Labute approximate surface area is 113 Å². The summed E-state index contributed by atoms with van der Waals surface area (Å²) in [6.45, 7) is 3.67. The highest BCUT2D eigenvalue weighted by atomic mass is 16.5. The van der Waals surface area contributed by atoms with Crippen molar-refractivity contribution in [3.05, 3.63) is 0 Å². The van der Waals surface area contributed by atoms with Crippen LogP contribution in [0.25, 0.3) is 0 Å². The van der Waals surface area contributed by atoms with E-state index in [2.05, 4.69) is 5.32 Å². The molecule has 2 bridgehead atoms. The molecular formula is C13H22N2O4. The molecule has 6 nitrogen and oxygen atoms in total. The van der Waals surface area contributed by atoms with E-state index in [4.69, 9.17) is 9.84 Å². The summed E-state index contributed by atoms with van der Waals surface area (Å²) in [5.41, 5.74) is 0. The third-order valence-corrected chi connectivity index (χ3v) is 3.91. The molecule has 3 atom stereocenters. The van der Waals surface area contributed by atoms with Crippen molar-refractivity contribution in [1.29, 1.82) is 0 Å². The molecule has 2 amide bonds. The number of aliphatic carboxylic acids is 1. The second kappa shape index (κ2) is 6.23. The van der Waals surface area contributed by atoms with Crippen molar-refractivity contribution in [1.82, 2.24) is 10.2 Å². The number of fused-ring (bicyclic) bond motifs is 2. The van der Waals surface area contributed by atoms with Crippen LogP contribution in [0.3, 0.4) is 0 Å². The predicted molar refractivity (Wildman–Crippen MR) is 68.9 cm³/mol. The molecule has 0 spiro atoms. The van der Waals surface area contributed by atoms with E-state index in [1.807, 2.05) is 6.92 Å². The Morgan fingerprint density at radius 3 is 2.53 bits per heavy atom. The molecule has 19 heavy (non-hydrogen) atoms. The van der Waals surface area contributed by atoms with Crippen molar-refractivity contribution in [2.45, 2.75) is 44.8 Å². The van der Waals surface area contributed by atoms with E-state index in [-0.39, 0.29) is 30.6 Å². The van der Waals surface area contributed by atoms with E-state index in [1.54, 1.807) is 4.90 Å². The van der Waals surface area contributed by atoms with E-state index in [1.165, 1.54) is 0 Å². The van der Waals surface area contributed by atoms with Gasteiger partial charge >= 0.3 is 12.0 Å². The van der Waals surface area contributed by atoms with E-state index in [0.29, 0.717) is 19.6 Å². The molecule has 0 radical (unpaired) electrons. The summed E-state index contributed by atoms with van der Waals surface area (Å²) in [7, 11) is 0. The van der Waals surface area contributed by atoms with Gasteiger partial charge in [0.15, 0.2) is 0 Å². The number of rotatable bonds is 5. The summed E-state index contributed by atoms with van der Waals surface area (Å²) in [4.78, 5) is 24.5. The van der Waals surface area contributed by atoms with E-state index in [0.717, 1.165) is 19.3 Å². The van der Waals surface area contributed by atoms with Crippen molar-refractivity contribution in [2.75, 3.05) is 19.6 Å². The molecule has 2 aliphatic rings. The van der Waals surface area contributed by atoms with Crippen LogP contribution in [0.2, 0.25) is 0 Å². The van der Waals surface area contributed by atoms with Gasteiger partial charge in [-0.1, -0.05) is 13.3 Å². The fourth-order valence-electron chi connectivity index (χ4n) is 2.73. The lowest BCUT2D eigenvalue weighted by Gasteiger charge is -2.32. The predicted octanol–water partition coefficient (Wildman–Crippen LogP) is 1.06. The SMILES string of the molecule is CCC(CNC(=O)N1CC2CCC(C1)O2)CC(=O)O. The molecule has 2 saturated heterocycles. The Balaban J connectivity index is 1.76. The molecule has 108 valence electrons. The van der Waals surface area contributed by atoms with Crippen molar-refractivity contribution in [3.8, 4) is 0 Å². The number of hydrogen-bond acceptors (Lipinski definition) is 3. The van der Waals surface area contributed by atoms with Crippen LogP contribution in [0.4, 0.5) is 4.79 Å². The Kier molecular flexibility index (Phi) is 4.63. The third-order valence-electron chi connectivity index (χ3n) is 3.91. The number of morpholine rings is 1. The Bertz CT molecular complexity index is 336. The summed E-state index contributed by atoms with van der Waals surface area (Å²) < 4.78 is 5.68. The van der Waals surface area contributed by atoms with Crippen molar-refractivity contribution in [2.24, 2.45) is 5.92 Å². The van der Waals surface area contributed by atoms with Crippen LogP contribution >= 0.6 is 0 Å². The molecule has 2 aliphatic heterocycles. The number of urea groups is 1. The smallest absolute Gasteiger partial charge is 0.317 e. The second-order valence-electron chi connectivity index (χ2n) is 5.42. The van der Waals surface area contributed by atoms with Crippen LogP contribution in [0, 0.1) is 5.92 Å². The maximum Gasteiger partial charge on any atom is 0.317 e. The minimum absolute atomic E-state index is 0.000729. The summed E-state index contributed by atoms with van der Waals surface area (Å²) in [6, 6.07) is -0.0935. The number of ether oxygens (including phenoxy) is 1. The van der Waals surface area contributed by atoms with Crippen LogP contribution < -0.4 is 5.32 Å². The zero-order valence-electron chi connectivity index (χ0n) is 11.3. The van der Waals surface area contributed by atoms with E-state index < -0.39 is 5.97 Å². The largest absolute Gasteiger partial charge is 0.481 e. The van der Waals surface area contributed by atoms with Crippen LogP contribution in [0.5, 0.6) is 0 Å². The zero-order valence-corrected chi connectivity index (χ0v) is 11.3. The van der Waals surface area contributed by atoms with Crippen molar-refractivity contribution >= 4 is 12.0 Å². The van der Waals surface area contributed by atoms with Crippen molar-refractivity contribution < 1.29 is 19.4 Å². The molecule has 2 heterocycles. The molecule has 3 unspecified atom stereocenters. The number of carboxylic acids is 1. The first-order chi connectivity index (χ1) is 9.08. The number of nitrogens with one attached hydrogen (secondary N) is 1. The first-order valence-corrected chi connectivity index (χ1v) is 6.98. The number of carbonyl (C=O) groups excluding carboxylic acids is 1. The molecule has 0 saturated carbocycles. The highest BCUT2D eigenvalue weighted by molar-refractivity contribution is 5.74. The van der Waals surface area contributed by atoms with Gasteiger partial charge in [0.2, 0.25) is 0 Å². The zero-order chi connectivity index (χ0) is 13.8. The van der Waals surface area contributed by atoms with Gasteiger partial charge in [-0.25, -0.2) is 4.79 Å². The van der Waals surface area contributed by atoms with Crippen molar-refractivity contribution in [3.63, 3.8) is 0 Å². The van der Waals surface area contributed by atoms with Crippen LogP contribution in [-0.4, -0.2) is 53.8 Å². The maximum atomic E-state index is 12.0. The van der Waals surface area contributed by atoms with Gasteiger partial charge in [0, 0.05) is 26.1 Å². The van der Waals surface area contributed by atoms with E-state index >= 15 is 0 Å². The van der Waals surface area contributed by atoms with Gasteiger partial charge in [-0.15, -0.1) is 0 Å². The normalized spacial score (nSPS) is 27.1. The van der Waals surface area contributed by atoms with Gasteiger partial charge in [-0.2, -0.15) is 0 Å². The topological polar surface area (TPSA) is 78.9 Å². The lowest BCUT2D eigenvalue weighted by Crippen LogP contribution is -2.50. The van der Waals surface area contributed by atoms with Crippen LogP contribution in [0.15, 0.2) is 0 Å². The third kappa shape index (κ3) is 3.83. The minimum atomic E-state index is -0.814. The molecule has 2 rings (SSSR count). The summed E-state index contributed by atoms with van der Waals surface area (Å²) in [5, 5.41) is 11.6. The molecule has 0 aliphatic carbocycles. The molecule has 2 N–H and O–H groups in total. The Morgan fingerprint density at radius 1 is 1.37 bits per heavy atom. The highest BCUT2D eigenvalue weighted by Gasteiger charge is 2.35. The van der Waals surface area contributed by atoms with Crippen LogP contribution in [-0.2, 0) is 9.53 Å². The fraction of sp³-hybridized carbons (Fsp3) is 0.846. The Morgan fingerprint density at radius 2 is 2.00 bits per heavy atom. The summed E-state index contributed by atoms with van der Waals surface area (Å²) in [5.74, 6) is -0.815. The second-order valence-corrected chi connectivity index (χ2v) is 5.42. The number of carboxylic acid groups (broad SMARTS) is 1. The molecule has 0 aromatic carbocycles. The van der Waals surface area contributed by atoms with Gasteiger partial charge in [0.1, 0.15) is 0 Å². The summed E-state index contributed by atoms with van der Waals surface area (Å²) >= 11 is 0. The average Bonchev–Trinajstić information content (AvgIpc) is 2.72. The summed E-state index contributed by atoms with van der Waals surface area (Å²) in [6.07, 6.45) is 3.29. The van der Waals surface area contributed by atoms with Gasteiger partial charge in [-0.3, -0.25) is 4.79 Å². The van der Waals surface area contributed by atoms with Crippen LogP contribution in [0.1, 0.15) is 32.6 Å². The molecule has 0 aromatic rings. The van der Waals surface area contributed by atoms with Gasteiger partial charge in [-0.05, 0) is 18.8 Å². The highest BCUT2D eigenvalue weighted by Crippen LogP contribution is 2.26. The maximum absolute atomic E-state index is 12.0. The molecule has 0 aromatic heterocycles. The van der Waals surface area contributed by atoms with E-state index in [9.17, 15) is 9.59 Å². The molecule has 6 heteroatoms. The average molecular weight is 270 g/mol. The lowest BCUT2D eigenvalue weighted by atomic mass is 10.0.